The largest absolute Gasteiger partial charge is 0.493 e. The van der Waals surface area contributed by atoms with Crippen LogP contribution in [0.5, 0.6) is 11.5 Å². The standard InChI is InChI=1S/C16H23NO6S/c1-6-17(7-2)24(19,20)14-11-12(8-9-15(18)22-4)10-13(21-3)16(14)23-5/h8-11H,6-7H2,1-5H3/b9-8-. The molecule has 8 heteroatoms. The Morgan fingerprint density at radius 2 is 1.75 bits per heavy atom. The predicted molar refractivity (Wildman–Crippen MR) is 90.7 cm³/mol. The van der Waals surface area contributed by atoms with Crippen LogP contribution in [0, 0.1) is 0 Å². The number of carbonyl (C=O) groups is 1. The molecule has 0 spiro atoms. The second-order valence-corrected chi connectivity index (χ2v) is 6.61. The molecular formula is C16H23NO6S. The third-order valence-corrected chi connectivity index (χ3v) is 5.46. The quantitative estimate of drug-likeness (QED) is 0.522. The summed E-state index contributed by atoms with van der Waals surface area (Å²) in [6.45, 7) is 4.16. The molecule has 1 aromatic rings. The van der Waals surface area contributed by atoms with Crippen LogP contribution in [0.3, 0.4) is 0 Å². The zero-order chi connectivity index (χ0) is 18.3. The van der Waals surface area contributed by atoms with Gasteiger partial charge in [-0.15, -0.1) is 0 Å². The molecule has 0 bridgehead atoms. The van der Waals surface area contributed by atoms with Gasteiger partial charge in [-0.1, -0.05) is 13.8 Å². The molecule has 0 N–H and O–H groups in total. The molecule has 0 unspecified atom stereocenters. The van der Waals surface area contributed by atoms with Crippen molar-refractivity contribution in [1.82, 2.24) is 4.31 Å². The van der Waals surface area contributed by atoms with Crippen LogP contribution in [0.2, 0.25) is 0 Å². The summed E-state index contributed by atoms with van der Waals surface area (Å²) in [6.07, 6.45) is 2.66. The molecule has 134 valence electrons. The van der Waals surface area contributed by atoms with Gasteiger partial charge in [0.1, 0.15) is 4.90 Å². The highest BCUT2D eigenvalue weighted by Gasteiger charge is 2.28. The fraction of sp³-hybridized carbons (Fsp3) is 0.438. The van der Waals surface area contributed by atoms with Crippen molar-refractivity contribution >= 4 is 22.1 Å². The highest BCUT2D eigenvalue weighted by molar-refractivity contribution is 7.89. The molecule has 0 amide bonds. The topological polar surface area (TPSA) is 82.1 Å². The van der Waals surface area contributed by atoms with Crippen LogP contribution in [0.15, 0.2) is 23.1 Å². The van der Waals surface area contributed by atoms with E-state index in [-0.39, 0.29) is 16.4 Å². The number of nitrogens with zero attached hydrogens (tertiary/aromatic N) is 1. The Morgan fingerprint density at radius 1 is 1.12 bits per heavy atom. The second kappa shape index (κ2) is 8.70. The fourth-order valence-electron chi connectivity index (χ4n) is 2.17. The van der Waals surface area contributed by atoms with Crippen molar-refractivity contribution < 1.29 is 27.4 Å². The van der Waals surface area contributed by atoms with Crippen LogP contribution in [-0.4, -0.2) is 53.1 Å². The van der Waals surface area contributed by atoms with Crippen LogP contribution in [0.1, 0.15) is 19.4 Å². The van der Waals surface area contributed by atoms with Crippen LogP contribution < -0.4 is 9.47 Å². The average molecular weight is 357 g/mol. The Hall–Kier alpha value is -2.06. The summed E-state index contributed by atoms with van der Waals surface area (Å²) in [5.41, 5.74) is 0.476. The molecule has 0 atom stereocenters. The first-order valence-corrected chi connectivity index (χ1v) is 8.81. The molecule has 24 heavy (non-hydrogen) atoms. The molecule has 0 aliphatic heterocycles. The van der Waals surface area contributed by atoms with Crippen molar-refractivity contribution in [3.05, 3.63) is 23.8 Å². The zero-order valence-corrected chi connectivity index (χ0v) is 15.3. The first-order valence-electron chi connectivity index (χ1n) is 7.37. The highest BCUT2D eigenvalue weighted by Crippen LogP contribution is 2.37. The van der Waals surface area contributed by atoms with Gasteiger partial charge < -0.3 is 14.2 Å². The first-order chi connectivity index (χ1) is 11.3. The summed E-state index contributed by atoms with van der Waals surface area (Å²) < 4.78 is 42.1. The van der Waals surface area contributed by atoms with E-state index in [4.69, 9.17) is 9.47 Å². The van der Waals surface area contributed by atoms with Crippen LogP contribution in [-0.2, 0) is 19.6 Å². The molecule has 0 aliphatic carbocycles. The summed E-state index contributed by atoms with van der Waals surface area (Å²) in [4.78, 5) is 11.2. The monoisotopic (exact) mass is 357 g/mol. The Balaban J connectivity index is 3.57. The minimum atomic E-state index is -3.76. The van der Waals surface area contributed by atoms with Gasteiger partial charge in [0.05, 0.1) is 21.3 Å². The van der Waals surface area contributed by atoms with E-state index in [9.17, 15) is 13.2 Å². The maximum atomic E-state index is 12.9. The molecule has 0 saturated carbocycles. The SMILES string of the molecule is CCN(CC)S(=O)(=O)c1cc(/C=C\C(=O)OC)cc(OC)c1OC. The lowest BCUT2D eigenvalue weighted by Crippen LogP contribution is -2.31. The lowest BCUT2D eigenvalue weighted by Gasteiger charge is -2.21. The summed E-state index contributed by atoms with van der Waals surface area (Å²) in [7, 11) is 0.291. The van der Waals surface area contributed by atoms with Gasteiger partial charge >= 0.3 is 5.97 Å². The minimum absolute atomic E-state index is 0.0161. The van der Waals surface area contributed by atoms with Crippen molar-refractivity contribution in [2.45, 2.75) is 18.7 Å². The third-order valence-electron chi connectivity index (χ3n) is 3.40. The maximum Gasteiger partial charge on any atom is 0.330 e. The lowest BCUT2D eigenvalue weighted by atomic mass is 10.2. The number of benzene rings is 1. The molecule has 1 aromatic carbocycles. The fourth-order valence-corrected chi connectivity index (χ4v) is 3.83. The van der Waals surface area contributed by atoms with Crippen molar-refractivity contribution in [1.29, 1.82) is 0 Å². The Kier molecular flexibility index (Phi) is 7.24. The molecule has 0 fully saturated rings. The molecule has 7 nitrogen and oxygen atoms in total. The number of carbonyl (C=O) groups excluding carboxylic acids is 1. The third kappa shape index (κ3) is 4.27. The summed E-state index contributed by atoms with van der Waals surface area (Å²) in [5, 5.41) is 0. The van der Waals surface area contributed by atoms with Gasteiger partial charge in [0.2, 0.25) is 10.0 Å². The van der Waals surface area contributed by atoms with Gasteiger partial charge in [0.25, 0.3) is 0 Å². The number of hydrogen-bond acceptors (Lipinski definition) is 6. The Bertz CT molecular complexity index is 708. The van der Waals surface area contributed by atoms with E-state index in [1.54, 1.807) is 19.9 Å². The Labute approximate surface area is 142 Å². The number of esters is 1. The van der Waals surface area contributed by atoms with Crippen LogP contribution in [0.4, 0.5) is 0 Å². The van der Waals surface area contributed by atoms with Gasteiger partial charge in [0, 0.05) is 19.2 Å². The first kappa shape index (κ1) is 20.0. The molecule has 1 rings (SSSR count). The van der Waals surface area contributed by atoms with E-state index >= 15 is 0 Å². The molecule has 0 saturated heterocycles. The van der Waals surface area contributed by atoms with E-state index in [1.165, 1.54) is 43.9 Å². The van der Waals surface area contributed by atoms with Crippen molar-refractivity contribution in [3.8, 4) is 11.5 Å². The van der Waals surface area contributed by atoms with Gasteiger partial charge in [-0.3, -0.25) is 0 Å². The summed E-state index contributed by atoms with van der Waals surface area (Å²) in [6, 6.07) is 3.02. The Morgan fingerprint density at radius 3 is 2.21 bits per heavy atom. The number of rotatable bonds is 8. The zero-order valence-electron chi connectivity index (χ0n) is 14.5. The average Bonchev–Trinajstić information content (AvgIpc) is 2.59. The second-order valence-electron chi connectivity index (χ2n) is 4.70. The number of sulfonamides is 1. The minimum Gasteiger partial charge on any atom is -0.493 e. The van der Waals surface area contributed by atoms with Crippen molar-refractivity contribution in [2.24, 2.45) is 0 Å². The molecule has 0 heterocycles. The molecule has 0 aromatic heterocycles. The van der Waals surface area contributed by atoms with Crippen molar-refractivity contribution in [2.75, 3.05) is 34.4 Å². The molecular weight excluding hydrogens is 334 g/mol. The van der Waals surface area contributed by atoms with E-state index < -0.39 is 16.0 Å². The van der Waals surface area contributed by atoms with Crippen LogP contribution in [0.25, 0.3) is 6.08 Å². The van der Waals surface area contributed by atoms with Gasteiger partial charge in [-0.05, 0) is 23.8 Å². The normalized spacial score (nSPS) is 11.8. The number of ether oxygens (including phenoxy) is 3. The number of hydrogen-bond donors (Lipinski definition) is 0. The predicted octanol–water partition coefficient (Wildman–Crippen LogP) is 1.92. The van der Waals surface area contributed by atoms with Crippen LogP contribution >= 0.6 is 0 Å². The summed E-state index contributed by atoms with van der Waals surface area (Å²) in [5.74, 6) is -0.159. The maximum absolute atomic E-state index is 12.9. The smallest absolute Gasteiger partial charge is 0.330 e. The number of methoxy groups -OCH3 is 3. The molecule has 0 radical (unpaired) electrons. The van der Waals surface area contributed by atoms with E-state index in [0.29, 0.717) is 18.7 Å². The highest BCUT2D eigenvalue weighted by atomic mass is 32.2. The summed E-state index contributed by atoms with van der Waals surface area (Å²) >= 11 is 0. The van der Waals surface area contributed by atoms with Crippen molar-refractivity contribution in [3.63, 3.8) is 0 Å². The van der Waals surface area contributed by atoms with E-state index in [1.807, 2.05) is 0 Å². The molecule has 0 aliphatic rings. The van der Waals surface area contributed by atoms with Gasteiger partial charge in [-0.2, -0.15) is 4.31 Å². The van der Waals surface area contributed by atoms with Gasteiger partial charge in [-0.25, -0.2) is 13.2 Å². The van der Waals surface area contributed by atoms with E-state index in [0.717, 1.165) is 0 Å². The van der Waals surface area contributed by atoms with E-state index in [2.05, 4.69) is 4.74 Å². The van der Waals surface area contributed by atoms with Gasteiger partial charge in [0.15, 0.2) is 11.5 Å². The lowest BCUT2D eigenvalue weighted by molar-refractivity contribution is -0.134.